The molecule has 0 bridgehead atoms. The molecule has 1 amide bonds. The molecule has 1 rings (SSSR count). The van der Waals surface area contributed by atoms with E-state index in [1.165, 1.54) is 6.07 Å². The van der Waals surface area contributed by atoms with Gasteiger partial charge in [-0.3, -0.25) is 4.79 Å². The minimum atomic E-state index is -4.57. The summed E-state index contributed by atoms with van der Waals surface area (Å²) in [6.07, 6.45) is -4.07. The topological polar surface area (TPSA) is 55.1 Å². The summed E-state index contributed by atoms with van der Waals surface area (Å²) in [5.41, 5.74) is 3.95. The molecule has 0 heterocycles. The molecule has 0 unspecified atom stereocenters. The van der Waals surface area contributed by atoms with Crippen molar-refractivity contribution in [2.45, 2.75) is 19.0 Å². The Labute approximate surface area is 107 Å². The van der Waals surface area contributed by atoms with Gasteiger partial charge in [-0.25, -0.2) is 0 Å². The smallest absolute Gasteiger partial charge is 0.330 e. The van der Waals surface area contributed by atoms with Gasteiger partial charge in [0.1, 0.15) is 0 Å². The quantitative estimate of drug-likeness (QED) is 0.891. The summed E-state index contributed by atoms with van der Waals surface area (Å²) < 4.78 is 38.1. The first-order chi connectivity index (χ1) is 8.34. The summed E-state index contributed by atoms with van der Waals surface area (Å²) in [7, 11) is 0. The van der Waals surface area contributed by atoms with E-state index in [9.17, 15) is 18.0 Å². The molecular weight excluding hydrogens is 269 g/mol. The van der Waals surface area contributed by atoms with Gasteiger partial charge in [0.2, 0.25) is 5.91 Å². The summed E-state index contributed by atoms with van der Waals surface area (Å²) in [6, 6.07) is 3.20. The Bertz CT molecular complexity index is 435. The van der Waals surface area contributed by atoms with Crippen LogP contribution in [0.1, 0.15) is 18.4 Å². The van der Waals surface area contributed by atoms with Crippen LogP contribution in [0, 0.1) is 0 Å². The molecule has 18 heavy (non-hydrogen) atoms. The minimum Gasteiger partial charge on any atom is -0.330 e. The summed E-state index contributed by atoms with van der Waals surface area (Å²) in [6.45, 7) is 0.306. The molecule has 3 nitrogen and oxygen atoms in total. The van der Waals surface area contributed by atoms with Gasteiger partial charge in [0.05, 0.1) is 11.3 Å². The van der Waals surface area contributed by atoms with E-state index in [1.807, 2.05) is 0 Å². The molecule has 0 saturated heterocycles. The molecule has 0 aromatic heterocycles. The molecule has 0 aliphatic carbocycles. The maximum absolute atomic E-state index is 12.7. The highest BCUT2D eigenvalue weighted by molar-refractivity contribution is 6.30. The molecule has 100 valence electrons. The average Bonchev–Trinajstić information content (AvgIpc) is 2.27. The minimum absolute atomic E-state index is 0.0396. The first-order valence-electron chi connectivity index (χ1n) is 5.21. The number of carbonyl (C=O) groups is 1. The lowest BCUT2D eigenvalue weighted by Gasteiger charge is -2.14. The maximum atomic E-state index is 12.7. The zero-order chi connectivity index (χ0) is 13.8. The lowest BCUT2D eigenvalue weighted by Crippen LogP contribution is -2.17. The number of nitrogens with one attached hydrogen (secondary N) is 1. The highest BCUT2D eigenvalue weighted by Crippen LogP contribution is 2.36. The van der Waals surface area contributed by atoms with E-state index in [4.69, 9.17) is 17.3 Å². The normalized spacial score (nSPS) is 11.4. The van der Waals surface area contributed by atoms with Gasteiger partial charge < -0.3 is 11.1 Å². The summed E-state index contributed by atoms with van der Waals surface area (Å²) in [5.74, 6) is -0.506. The van der Waals surface area contributed by atoms with E-state index >= 15 is 0 Å². The van der Waals surface area contributed by atoms with Gasteiger partial charge in [-0.05, 0) is 31.2 Å². The van der Waals surface area contributed by atoms with Crippen molar-refractivity contribution in [1.82, 2.24) is 0 Å². The van der Waals surface area contributed by atoms with Gasteiger partial charge in [-0.15, -0.1) is 0 Å². The number of alkyl halides is 3. The number of nitrogens with two attached hydrogens (primary N) is 1. The van der Waals surface area contributed by atoms with E-state index in [0.29, 0.717) is 13.0 Å². The first-order valence-corrected chi connectivity index (χ1v) is 5.59. The van der Waals surface area contributed by atoms with Crippen LogP contribution >= 0.6 is 11.6 Å². The van der Waals surface area contributed by atoms with Gasteiger partial charge in [0.15, 0.2) is 0 Å². The van der Waals surface area contributed by atoms with Crippen LogP contribution in [0.5, 0.6) is 0 Å². The number of rotatable bonds is 4. The van der Waals surface area contributed by atoms with Crippen molar-refractivity contribution < 1.29 is 18.0 Å². The standard InChI is InChI=1S/C11H12ClF3N2O/c12-7-3-4-9(8(6-7)11(13,14)15)17-10(18)2-1-5-16/h3-4,6H,1-2,5,16H2,(H,17,18). The van der Waals surface area contributed by atoms with Crippen molar-refractivity contribution >= 4 is 23.2 Å². The van der Waals surface area contributed by atoms with Crippen molar-refractivity contribution in [1.29, 1.82) is 0 Å². The molecule has 0 radical (unpaired) electrons. The van der Waals surface area contributed by atoms with Crippen molar-refractivity contribution in [3.63, 3.8) is 0 Å². The Hall–Kier alpha value is -1.27. The Morgan fingerprint density at radius 2 is 2.06 bits per heavy atom. The van der Waals surface area contributed by atoms with Crippen LogP contribution in [-0.2, 0) is 11.0 Å². The molecule has 0 atom stereocenters. The molecule has 1 aromatic rings. The molecule has 0 aliphatic heterocycles. The highest BCUT2D eigenvalue weighted by Gasteiger charge is 2.34. The molecule has 3 N–H and O–H groups in total. The lowest BCUT2D eigenvalue weighted by molar-refractivity contribution is -0.137. The second-order valence-corrected chi connectivity index (χ2v) is 4.06. The van der Waals surface area contributed by atoms with Gasteiger partial charge in [-0.1, -0.05) is 11.6 Å². The first kappa shape index (κ1) is 14.8. The third kappa shape index (κ3) is 4.19. The van der Waals surface area contributed by atoms with Crippen molar-refractivity contribution in [3.8, 4) is 0 Å². The van der Waals surface area contributed by atoms with E-state index < -0.39 is 17.6 Å². The number of anilines is 1. The van der Waals surface area contributed by atoms with Crippen molar-refractivity contribution in [2.75, 3.05) is 11.9 Å². The van der Waals surface area contributed by atoms with Gasteiger partial charge in [0, 0.05) is 11.4 Å². The molecule has 7 heteroatoms. The Morgan fingerprint density at radius 1 is 1.39 bits per heavy atom. The predicted molar refractivity (Wildman–Crippen MR) is 63.4 cm³/mol. The Balaban J connectivity index is 2.92. The molecule has 0 saturated carbocycles. The summed E-state index contributed by atoms with van der Waals surface area (Å²) in [4.78, 5) is 11.4. The second kappa shape index (κ2) is 6.06. The molecule has 0 spiro atoms. The Kier molecular flexibility index (Phi) is 4.98. The van der Waals surface area contributed by atoms with Crippen LogP contribution in [0.15, 0.2) is 18.2 Å². The van der Waals surface area contributed by atoms with Crippen molar-refractivity contribution in [3.05, 3.63) is 28.8 Å². The van der Waals surface area contributed by atoms with Gasteiger partial charge in [0.25, 0.3) is 0 Å². The third-order valence-electron chi connectivity index (χ3n) is 2.17. The number of hydrogen-bond acceptors (Lipinski definition) is 2. The van der Waals surface area contributed by atoms with E-state index in [2.05, 4.69) is 5.32 Å². The van der Waals surface area contributed by atoms with Gasteiger partial charge >= 0.3 is 6.18 Å². The van der Waals surface area contributed by atoms with E-state index in [1.54, 1.807) is 0 Å². The number of amides is 1. The summed E-state index contributed by atoms with van der Waals surface area (Å²) in [5, 5.41) is 2.17. The molecule has 0 aliphatic rings. The fourth-order valence-corrected chi connectivity index (χ4v) is 1.51. The number of hydrogen-bond donors (Lipinski definition) is 2. The zero-order valence-electron chi connectivity index (χ0n) is 9.35. The van der Waals surface area contributed by atoms with Crippen LogP contribution in [-0.4, -0.2) is 12.5 Å². The largest absolute Gasteiger partial charge is 0.418 e. The summed E-state index contributed by atoms with van der Waals surface area (Å²) >= 11 is 5.51. The Morgan fingerprint density at radius 3 is 2.61 bits per heavy atom. The third-order valence-corrected chi connectivity index (χ3v) is 2.40. The number of benzene rings is 1. The molecular formula is C11H12ClF3N2O. The van der Waals surface area contributed by atoms with E-state index in [0.717, 1.165) is 12.1 Å². The van der Waals surface area contributed by atoms with Gasteiger partial charge in [-0.2, -0.15) is 13.2 Å². The van der Waals surface area contributed by atoms with Crippen LogP contribution < -0.4 is 11.1 Å². The highest BCUT2D eigenvalue weighted by atomic mass is 35.5. The van der Waals surface area contributed by atoms with Crippen LogP contribution in [0.3, 0.4) is 0 Å². The number of carbonyl (C=O) groups excluding carboxylic acids is 1. The van der Waals surface area contributed by atoms with E-state index in [-0.39, 0.29) is 17.1 Å². The fraction of sp³-hybridized carbons (Fsp3) is 0.364. The second-order valence-electron chi connectivity index (χ2n) is 3.63. The predicted octanol–water partition coefficient (Wildman–Crippen LogP) is 3.04. The SMILES string of the molecule is NCCCC(=O)Nc1ccc(Cl)cc1C(F)(F)F. The maximum Gasteiger partial charge on any atom is 0.418 e. The number of halogens is 4. The fourth-order valence-electron chi connectivity index (χ4n) is 1.34. The average molecular weight is 281 g/mol. The van der Waals surface area contributed by atoms with Crippen LogP contribution in [0.4, 0.5) is 18.9 Å². The monoisotopic (exact) mass is 280 g/mol. The van der Waals surface area contributed by atoms with Crippen LogP contribution in [0.2, 0.25) is 5.02 Å². The lowest BCUT2D eigenvalue weighted by atomic mass is 10.1. The van der Waals surface area contributed by atoms with Crippen molar-refractivity contribution in [2.24, 2.45) is 5.73 Å². The zero-order valence-corrected chi connectivity index (χ0v) is 10.1. The molecule has 1 aromatic carbocycles. The molecule has 0 fully saturated rings. The van der Waals surface area contributed by atoms with Crippen LogP contribution in [0.25, 0.3) is 0 Å².